The maximum Gasteiger partial charge on any atom is 0.0754 e. The molecule has 1 nitrogen and oxygen atoms in total. The standard InChI is InChI=1S/C10H18O/c1-2-3-4-5-6-7-8-9-10-11/h6-7,9-11H,2-5,8H2,1H3/b7-6+,10-9+. The van der Waals surface area contributed by atoms with Crippen molar-refractivity contribution in [1.82, 2.24) is 0 Å². The first-order valence-electron chi connectivity index (χ1n) is 4.36. The molecule has 0 aliphatic heterocycles. The molecular formula is C10H18O. The van der Waals surface area contributed by atoms with E-state index in [4.69, 9.17) is 5.11 Å². The highest BCUT2D eigenvalue weighted by Gasteiger charge is 1.80. The highest BCUT2D eigenvalue weighted by molar-refractivity contribution is 4.89. The van der Waals surface area contributed by atoms with Gasteiger partial charge < -0.3 is 5.11 Å². The normalized spacial score (nSPS) is 11.7. The van der Waals surface area contributed by atoms with Gasteiger partial charge in [-0.15, -0.1) is 0 Å². The molecule has 0 unspecified atom stereocenters. The molecule has 0 aliphatic rings. The zero-order valence-corrected chi connectivity index (χ0v) is 7.29. The van der Waals surface area contributed by atoms with Crippen molar-refractivity contribution in [2.45, 2.75) is 39.0 Å². The fraction of sp³-hybridized carbons (Fsp3) is 0.600. The number of aliphatic hydroxyl groups excluding tert-OH is 1. The van der Waals surface area contributed by atoms with Gasteiger partial charge in [-0.3, -0.25) is 0 Å². The summed E-state index contributed by atoms with van der Waals surface area (Å²) < 4.78 is 0. The average molecular weight is 154 g/mol. The van der Waals surface area contributed by atoms with E-state index in [1.165, 1.54) is 25.7 Å². The molecule has 0 aromatic heterocycles. The van der Waals surface area contributed by atoms with E-state index in [2.05, 4.69) is 19.1 Å². The topological polar surface area (TPSA) is 20.2 Å². The van der Waals surface area contributed by atoms with Crippen molar-refractivity contribution in [3.05, 3.63) is 24.5 Å². The van der Waals surface area contributed by atoms with E-state index in [0.29, 0.717) is 0 Å². The van der Waals surface area contributed by atoms with Crippen LogP contribution in [-0.4, -0.2) is 5.11 Å². The average Bonchev–Trinajstić information content (AvgIpc) is 2.03. The molecular weight excluding hydrogens is 136 g/mol. The first-order valence-corrected chi connectivity index (χ1v) is 4.36. The molecule has 0 aromatic carbocycles. The van der Waals surface area contributed by atoms with Crippen molar-refractivity contribution >= 4 is 0 Å². The van der Waals surface area contributed by atoms with Gasteiger partial charge in [-0.2, -0.15) is 0 Å². The molecule has 0 amide bonds. The fourth-order valence-electron chi connectivity index (χ4n) is 0.866. The molecule has 0 heterocycles. The minimum atomic E-state index is 0.850. The Labute approximate surface area is 69.4 Å². The molecule has 64 valence electrons. The summed E-state index contributed by atoms with van der Waals surface area (Å²) in [5.41, 5.74) is 0. The van der Waals surface area contributed by atoms with Crippen molar-refractivity contribution in [2.24, 2.45) is 0 Å². The smallest absolute Gasteiger partial charge is 0.0754 e. The van der Waals surface area contributed by atoms with Crippen LogP contribution >= 0.6 is 0 Å². The van der Waals surface area contributed by atoms with Crippen LogP contribution < -0.4 is 0 Å². The van der Waals surface area contributed by atoms with Gasteiger partial charge >= 0.3 is 0 Å². The van der Waals surface area contributed by atoms with E-state index in [1.807, 2.05) is 0 Å². The van der Waals surface area contributed by atoms with Crippen LogP contribution in [0.3, 0.4) is 0 Å². The Balaban J connectivity index is 3.03. The molecule has 0 bridgehead atoms. The summed E-state index contributed by atoms with van der Waals surface area (Å²) in [4.78, 5) is 0. The predicted molar refractivity (Wildman–Crippen MR) is 49.7 cm³/mol. The van der Waals surface area contributed by atoms with E-state index in [1.54, 1.807) is 6.08 Å². The first-order chi connectivity index (χ1) is 5.41. The van der Waals surface area contributed by atoms with Gasteiger partial charge in [-0.25, -0.2) is 0 Å². The summed E-state index contributed by atoms with van der Waals surface area (Å²) in [7, 11) is 0. The highest BCUT2D eigenvalue weighted by atomic mass is 16.2. The van der Waals surface area contributed by atoms with Gasteiger partial charge in [0.2, 0.25) is 0 Å². The van der Waals surface area contributed by atoms with E-state index < -0.39 is 0 Å². The van der Waals surface area contributed by atoms with Gasteiger partial charge in [0.1, 0.15) is 0 Å². The van der Waals surface area contributed by atoms with Crippen molar-refractivity contribution in [2.75, 3.05) is 0 Å². The molecule has 11 heavy (non-hydrogen) atoms. The zero-order valence-electron chi connectivity index (χ0n) is 7.29. The van der Waals surface area contributed by atoms with Crippen LogP contribution in [0.1, 0.15) is 39.0 Å². The van der Waals surface area contributed by atoms with Crippen LogP contribution in [0.4, 0.5) is 0 Å². The minimum absolute atomic E-state index is 0.850. The third-order valence-corrected chi connectivity index (χ3v) is 1.52. The summed E-state index contributed by atoms with van der Waals surface area (Å²) in [5.74, 6) is 0. The number of allylic oxidation sites excluding steroid dienone is 3. The Morgan fingerprint density at radius 2 is 1.91 bits per heavy atom. The van der Waals surface area contributed by atoms with Crippen LogP contribution in [0.5, 0.6) is 0 Å². The van der Waals surface area contributed by atoms with Crippen LogP contribution in [0.25, 0.3) is 0 Å². The Hall–Kier alpha value is -0.720. The summed E-state index contributed by atoms with van der Waals surface area (Å²) in [6, 6.07) is 0. The number of aliphatic hydroxyl groups is 1. The Morgan fingerprint density at radius 3 is 2.55 bits per heavy atom. The molecule has 1 N–H and O–H groups in total. The maximum absolute atomic E-state index is 8.29. The molecule has 1 heteroatoms. The minimum Gasteiger partial charge on any atom is -0.516 e. The molecule has 0 aliphatic carbocycles. The molecule has 0 rings (SSSR count). The summed E-state index contributed by atoms with van der Waals surface area (Å²) in [6.07, 6.45) is 13.0. The quantitative estimate of drug-likeness (QED) is 0.352. The van der Waals surface area contributed by atoms with Gasteiger partial charge in [-0.1, -0.05) is 31.9 Å². The Morgan fingerprint density at radius 1 is 1.09 bits per heavy atom. The first kappa shape index (κ1) is 10.3. The second kappa shape index (κ2) is 9.28. The fourth-order valence-corrected chi connectivity index (χ4v) is 0.866. The third kappa shape index (κ3) is 9.28. The second-order valence-corrected chi connectivity index (χ2v) is 2.59. The summed E-state index contributed by atoms with van der Waals surface area (Å²) in [6.45, 7) is 2.21. The van der Waals surface area contributed by atoms with E-state index in [9.17, 15) is 0 Å². The van der Waals surface area contributed by atoms with Gasteiger partial charge in [0, 0.05) is 0 Å². The number of hydrogen-bond donors (Lipinski definition) is 1. The Bertz CT molecular complexity index is 114. The number of rotatable bonds is 6. The third-order valence-electron chi connectivity index (χ3n) is 1.52. The lowest BCUT2D eigenvalue weighted by Crippen LogP contribution is -1.70. The van der Waals surface area contributed by atoms with Crippen molar-refractivity contribution in [3.8, 4) is 0 Å². The molecule has 0 saturated carbocycles. The summed E-state index contributed by atoms with van der Waals surface area (Å²) >= 11 is 0. The Kier molecular flexibility index (Phi) is 8.67. The highest BCUT2D eigenvalue weighted by Crippen LogP contribution is 1.99. The predicted octanol–water partition coefficient (Wildman–Crippen LogP) is 3.58. The van der Waals surface area contributed by atoms with E-state index in [0.717, 1.165) is 12.7 Å². The SMILES string of the molecule is CCCCC/C=C/C/C=C/O. The largest absolute Gasteiger partial charge is 0.516 e. The van der Waals surface area contributed by atoms with Crippen LogP contribution in [0, 0.1) is 0 Å². The zero-order chi connectivity index (χ0) is 8.36. The summed E-state index contributed by atoms with van der Waals surface area (Å²) in [5, 5.41) is 8.29. The molecule has 0 spiro atoms. The number of unbranched alkanes of at least 4 members (excludes halogenated alkanes) is 3. The van der Waals surface area contributed by atoms with Crippen LogP contribution in [0.2, 0.25) is 0 Å². The second-order valence-electron chi connectivity index (χ2n) is 2.59. The van der Waals surface area contributed by atoms with Gasteiger partial charge in [-0.05, 0) is 25.3 Å². The van der Waals surface area contributed by atoms with Gasteiger partial charge in [0.15, 0.2) is 0 Å². The van der Waals surface area contributed by atoms with Gasteiger partial charge in [0.25, 0.3) is 0 Å². The van der Waals surface area contributed by atoms with Gasteiger partial charge in [0.05, 0.1) is 6.26 Å². The lowest BCUT2D eigenvalue weighted by Gasteiger charge is -1.90. The van der Waals surface area contributed by atoms with E-state index >= 15 is 0 Å². The van der Waals surface area contributed by atoms with Crippen molar-refractivity contribution in [3.63, 3.8) is 0 Å². The lowest BCUT2D eigenvalue weighted by atomic mass is 10.2. The molecule has 0 radical (unpaired) electrons. The maximum atomic E-state index is 8.29. The molecule has 0 atom stereocenters. The molecule has 0 fully saturated rings. The lowest BCUT2D eigenvalue weighted by molar-refractivity contribution is 0.471. The number of hydrogen-bond acceptors (Lipinski definition) is 1. The molecule has 0 aromatic rings. The van der Waals surface area contributed by atoms with Crippen molar-refractivity contribution < 1.29 is 5.11 Å². The monoisotopic (exact) mass is 154 g/mol. The van der Waals surface area contributed by atoms with Crippen LogP contribution in [0.15, 0.2) is 24.5 Å². The van der Waals surface area contributed by atoms with Crippen molar-refractivity contribution in [1.29, 1.82) is 0 Å². The van der Waals surface area contributed by atoms with Crippen LogP contribution in [-0.2, 0) is 0 Å². The molecule has 0 saturated heterocycles. The van der Waals surface area contributed by atoms with E-state index in [-0.39, 0.29) is 0 Å².